The van der Waals surface area contributed by atoms with Gasteiger partial charge in [0.25, 0.3) is 0 Å². The van der Waals surface area contributed by atoms with E-state index in [4.69, 9.17) is 4.74 Å². The second kappa shape index (κ2) is 10.5. The molecule has 2 atom stereocenters. The van der Waals surface area contributed by atoms with Crippen LogP contribution in [0, 0.1) is 5.92 Å². The van der Waals surface area contributed by atoms with Crippen molar-refractivity contribution in [3.63, 3.8) is 0 Å². The molecule has 0 aromatic carbocycles. The summed E-state index contributed by atoms with van der Waals surface area (Å²) in [6.45, 7) is 16.6. The van der Waals surface area contributed by atoms with E-state index in [0.29, 0.717) is 12.1 Å². The maximum absolute atomic E-state index is 5.92. The Kier molecular flexibility index (Phi) is 9.49. The summed E-state index contributed by atoms with van der Waals surface area (Å²) in [4.78, 5) is 4.97. The fourth-order valence-corrected chi connectivity index (χ4v) is 2.93. The summed E-state index contributed by atoms with van der Waals surface area (Å²) >= 11 is 0. The molecular weight excluding hydrogens is 262 g/mol. The number of rotatable bonds is 10. The van der Waals surface area contributed by atoms with Crippen LogP contribution in [0.4, 0.5) is 0 Å². The molecule has 4 heteroatoms. The van der Waals surface area contributed by atoms with Gasteiger partial charge in [-0.15, -0.1) is 0 Å². The minimum atomic E-state index is 0.380. The molecule has 126 valence electrons. The van der Waals surface area contributed by atoms with Gasteiger partial charge in [-0.2, -0.15) is 0 Å². The molecule has 0 amide bonds. The third kappa shape index (κ3) is 8.77. The summed E-state index contributed by atoms with van der Waals surface area (Å²) in [5.74, 6) is 0.723. The Morgan fingerprint density at radius 2 is 2.10 bits per heavy atom. The van der Waals surface area contributed by atoms with Crippen molar-refractivity contribution in [3.8, 4) is 0 Å². The lowest BCUT2D eigenvalue weighted by Gasteiger charge is -2.35. The van der Waals surface area contributed by atoms with Crippen LogP contribution in [0.1, 0.15) is 40.5 Å². The number of hydrogen-bond donors (Lipinski definition) is 1. The molecule has 0 spiro atoms. The van der Waals surface area contributed by atoms with Crippen molar-refractivity contribution in [1.29, 1.82) is 0 Å². The van der Waals surface area contributed by atoms with E-state index in [9.17, 15) is 0 Å². The van der Waals surface area contributed by atoms with E-state index in [1.807, 2.05) is 0 Å². The topological polar surface area (TPSA) is 27.7 Å². The number of morpholine rings is 1. The molecule has 0 aromatic heterocycles. The van der Waals surface area contributed by atoms with E-state index < -0.39 is 0 Å². The van der Waals surface area contributed by atoms with Gasteiger partial charge in [-0.3, -0.25) is 4.90 Å². The first-order chi connectivity index (χ1) is 10.0. The maximum atomic E-state index is 5.92. The van der Waals surface area contributed by atoms with Gasteiger partial charge in [0.05, 0.1) is 12.7 Å². The Morgan fingerprint density at radius 1 is 1.33 bits per heavy atom. The molecule has 0 aliphatic carbocycles. The fraction of sp³-hybridized carbons (Fsp3) is 1.00. The lowest BCUT2D eigenvalue weighted by Crippen LogP contribution is -2.47. The van der Waals surface area contributed by atoms with Crippen molar-refractivity contribution >= 4 is 0 Å². The van der Waals surface area contributed by atoms with Crippen LogP contribution in [0.15, 0.2) is 0 Å². The van der Waals surface area contributed by atoms with Crippen molar-refractivity contribution < 1.29 is 4.74 Å². The van der Waals surface area contributed by atoms with Gasteiger partial charge in [0, 0.05) is 32.2 Å². The summed E-state index contributed by atoms with van der Waals surface area (Å²) in [5.41, 5.74) is 0. The minimum absolute atomic E-state index is 0.380. The van der Waals surface area contributed by atoms with Crippen LogP contribution in [0.3, 0.4) is 0 Å². The van der Waals surface area contributed by atoms with E-state index in [2.05, 4.69) is 49.9 Å². The highest BCUT2D eigenvalue weighted by Crippen LogP contribution is 2.08. The third-order valence-electron chi connectivity index (χ3n) is 4.17. The fourth-order valence-electron chi connectivity index (χ4n) is 2.93. The Labute approximate surface area is 132 Å². The number of likely N-dealkylation sites (N-methyl/N-ethyl adjacent to an activating group) is 1. The van der Waals surface area contributed by atoms with E-state index in [-0.39, 0.29) is 0 Å². The zero-order valence-electron chi connectivity index (χ0n) is 14.9. The Bertz CT molecular complexity index is 260. The van der Waals surface area contributed by atoms with E-state index in [1.54, 1.807) is 0 Å². The highest BCUT2D eigenvalue weighted by molar-refractivity contribution is 4.74. The van der Waals surface area contributed by atoms with Crippen molar-refractivity contribution in [3.05, 3.63) is 0 Å². The molecule has 21 heavy (non-hydrogen) atoms. The first-order valence-electron chi connectivity index (χ1n) is 8.77. The quantitative estimate of drug-likeness (QED) is 0.625. The van der Waals surface area contributed by atoms with Crippen molar-refractivity contribution in [1.82, 2.24) is 15.1 Å². The molecule has 1 fully saturated rings. The van der Waals surface area contributed by atoms with Crippen LogP contribution < -0.4 is 5.32 Å². The normalized spacial score (nSPS) is 22.1. The van der Waals surface area contributed by atoms with Gasteiger partial charge in [0.2, 0.25) is 0 Å². The summed E-state index contributed by atoms with van der Waals surface area (Å²) in [7, 11) is 2.21. The van der Waals surface area contributed by atoms with Gasteiger partial charge in [0.1, 0.15) is 0 Å². The van der Waals surface area contributed by atoms with Gasteiger partial charge in [-0.05, 0) is 45.8 Å². The van der Waals surface area contributed by atoms with Gasteiger partial charge in [-0.1, -0.05) is 20.8 Å². The molecule has 2 unspecified atom stereocenters. The molecule has 1 aliphatic rings. The van der Waals surface area contributed by atoms with Crippen LogP contribution in [-0.4, -0.2) is 74.9 Å². The highest BCUT2D eigenvalue weighted by Gasteiger charge is 2.21. The molecule has 1 rings (SSSR count). The average Bonchev–Trinajstić information content (AvgIpc) is 2.42. The predicted molar refractivity (Wildman–Crippen MR) is 90.9 cm³/mol. The summed E-state index contributed by atoms with van der Waals surface area (Å²) in [6.07, 6.45) is 2.82. The number of hydrogen-bond acceptors (Lipinski definition) is 4. The molecule has 1 saturated heterocycles. The first kappa shape index (κ1) is 18.9. The molecule has 1 N–H and O–H groups in total. The largest absolute Gasteiger partial charge is 0.374 e. The number of nitrogens with one attached hydrogen (secondary N) is 1. The van der Waals surface area contributed by atoms with Crippen LogP contribution in [0.5, 0.6) is 0 Å². The maximum Gasteiger partial charge on any atom is 0.0829 e. The van der Waals surface area contributed by atoms with E-state index in [1.165, 1.54) is 19.4 Å². The van der Waals surface area contributed by atoms with Crippen molar-refractivity contribution in [2.75, 3.05) is 52.9 Å². The van der Waals surface area contributed by atoms with Gasteiger partial charge < -0.3 is 15.0 Å². The lowest BCUT2D eigenvalue weighted by atomic mass is 10.2. The molecule has 0 aromatic rings. The molecule has 4 nitrogen and oxygen atoms in total. The number of nitrogens with zero attached hydrogens (tertiary/aromatic N) is 2. The van der Waals surface area contributed by atoms with E-state index >= 15 is 0 Å². The van der Waals surface area contributed by atoms with Crippen LogP contribution in [0.25, 0.3) is 0 Å². The molecule has 0 saturated carbocycles. The van der Waals surface area contributed by atoms with Crippen LogP contribution in [-0.2, 0) is 4.74 Å². The number of ether oxygens (including phenoxy) is 1. The Balaban J connectivity index is 2.16. The summed E-state index contributed by atoms with van der Waals surface area (Å²) in [6, 6.07) is 0.645. The molecular formula is C17H37N3O. The van der Waals surface area contributed by atoms with Crippen molar-refractivity contribution in [2.24, 2.45) is 5.92 Å². The predicted octanol–water partition coefficient (Wildman–Crippen LogP) is 2.05. The highest BCUT2D eigenvalue weighted by atomic mass is 16.5. The standard InChI is InChI=1S/C17H37N3O/c1-6-16(4)18-8-7-9-20-10-11-21-17(14-20)13-19(5)12-15(2)3/h15-18H,6-14H2,1-5H3. The van der Waals surface area contributed by atoms with Crippen molar-refractivity contribution in [2.45, 2.75) is 52.7 Å². The summed E-state index contributed by atoms with van der Waals surface area (Å²) < 4.78 is 5.92. The molecule has 0 bridgehead atoms. The van der Waals surface area contributed by atoms with Crippen LogP contribution in [0.2, 0.25) is 0 Å². The zero-order valence-corrected chi connectivity index (χ0v) is 14.9. The zero-order chi connectivity index (χ0) is 15.7. The monoisotopic (exact) mass is 299 g/mol. The average molecular weight is 300 g/mol. The summed E-state index contributed by atoms with van der Waals surface area (Å²) in [5, 5.41) is 3.57. The van der Waals surface area contributed by atoms with Crippen LogP contribution >= 0.6 is 0 Å². The second-order valence-electron chi connectivity index (χ2n) is 7.03. The first-order valence-corrected chi connectivity index (χ1v) is 8.77. The van der Waals surface area contributed by atoms with Gasteiger partial charge in [0.15, 0.2) is 0 Å². The second-order valence-corrected chi connectivity index (χ2v) is 7.03. The smallest absolute Gasteiger partial charge is 0.0829 e. The Morgan fingerprint density at radius 3 is 2.76 bits per heavy atom. The van der Waals surface area contributed by atoms with E-state index in [0.717, 1.165) is 45.2 Å². The third-order valence-corrected chi connectivity index (χ3v) is 4.17. The lowest BCUT2D eigenvalue weighted by molar-refractivity contribution is -0.0415. The van der Waals surface area contributed by atoms with Gasteiger partial charge >= 0.3 is 0 Å². The minimum Gasteiger partial charge on any atom is -0.374 e. The molecule has 1 heterocycles. The SMILES string of the molecule is CCC(C)NCCCN1CCOC(CN(C)CC(C)C)C1. The molecule has 1 aliphatic heterocycles. The Hall–Kier alpha value is -0.160. The van der Waals surface area contributed by atoms with Gasteiger partial charge in [-0.25, -0.2) is 0 Å². The molecule has 0 radical (unpaired) electrons.